The van der Waals surface area contributed by atoms with Crippen LogP contribution in [0.25, 0.3) is 0 Å². The molecular formula is C16H13BrINO4S. The second-order valence-electron chi connectivity index (χ2n) is 6.22. The van der Waals surface area contributed by atoms with Gasteiger partial charge in [0.05, 0.1) is 22.3 Å². The van der Waals surface area contributed by atoms with Crippen LogP contribution in [0.4, 0.5) is 5.69 Å². The average molecular weight is 522 g/mol. The van der Waals surface area contributed by atoms with Crippen LogP contribution in [-0.2, 0) is 6.42 Å². The summed E-state index contributed by atoms with van der Waals surface area (Å²) in [5.41, 5.74) is 2.31. The lowest BCUT2D eigenvalue weighted by molar-refractivity contribution is 0.0421. The summed E-state index contributed by atoms with van der Waals surface area (Å²) in [5.74, 6) is -0.557. The summed E-state index contributed by atoms with van der Waals surface area (Å²) in [7, 11) is 1.45. The molecule has 2 aromatic carbocycles. The maximum Gasteiger partial charge on any atom is 0.157 e. The average Bonchev–Trinajstić information content (AvgIpc) is 2.80. The Hall–Kier alpha value is -0.840. The number of fused-ring (bicyclic) bond motifs is 5. The van der Waals surface area contributed by atoms with Crippen LogP contribution in [0.15, 0.2) is 28.7 Å². The van der Waals surface area contributed by atoms with Crippen molar-refractivity contribution in [3.05, 3.63) is 45.4 Å². The lowest BCUT2D eigenvalue weighted by Crippen LogP contribution is -2.48. The minimum atomic E-state index is -1.04. The lowest BCUT2D eigenvalue weighted by Gasteiger charge is -2.42. The van der Waals surface area contributed by atoms with E-state index in [0.717, 1.165) is 22.4 Å². The van der Waals surface area contributed by atoms with Gasteiger partial charge in [-0.15, -0.1) is 0 Å². The van der Waals surface area contributed by atoms with Gasteiger partial charge in [0.1, 0.15) is 5.75 Å². The molecule has 2 aromatic rings. The number of phenols is 3. The van der Waals surface area contributed by atoms with Gasteiger partial charge in [0.25, 0.3) is 0 Å². The molecule has 0 radical (unpaired) electrons. The molecule has 1 aliphatic heterocycles. The van der Waals surface area contributed by atoms with E-state index < -0.39 is 5.60 Å². The predicted molar refractivity (Wildman–Crippen MR) is 105 cm³/mol. The lowest BCUT2D eigenvalue weighted by atomic mass is 9.78. The van der Waals surface area contributed by atoms with Crippen molar-refractivity contribution in [1.82, 2.24) is 0 Å². The number of hydrogen-bond donors (Lipinski definition) is 4. The number of β-amino-alcohol motifs (C(OH)–C–C–N with tert-alkyl or cyclic N) is 1. The zero-order valence-electron chi connectivity index (χ0n) is 12.2. The maximum absolute atomic E-state index is 11.3. The summed E-state index contributed by atoms with van der Waals surface area (Å²) < 4.78 is 2.50. The Balaban J connectivity index is 1.98. The van der Waals surface area contributed by atoms with Gasteiger partial charge in [0.15, 0.2) is 11.5 Å². The number of rotatable bonds is 1. The molecule has 0 aromatic heterocycles. The number of phenolic OH excluding ortho intramolecular Hbond substituents is 3. The molecule has 4 N–H and O–H groups in total. The van der Waals surface area contributed by atoms with Gasteiger partial charge in [-0.3, -0.25) is 0 Å². The fourth-order valence-corrected chi connectivity index (χ4v) is 5.71. The molecule has 2 unspecified atom stereocenters. The van der Waals surface area contributed by atoms with Crippen molar-refractivity contribution in [2.45, 2.75) is 17.9 Å². The van der Waals surface area contributed by atoms with E-state index in [1.165, 1.54) is 21.3 Å². The van der Waals surface area contributed by atoms with Gasteiger partial charge in [0.2, 0.25) is 0 Å². The van der Waals surface area contributed by atoms with Gasteiger partial charge in [0, 0.05) is 48.7 Å². The molecule has 24 heavy (non-hydrogen) atoms. The van der Waals surface area contributed by atoms with Crippen molar-refractivity contribution < 1.29 is 20.4 Å². The van der Waals surface area contributed by atoms with Crippen LogP contribution < -0.4 is 4.31 Å². The van der Waals surface area contributed by atoms with E-state index in [4.69, 9.17) is 0 Å². The summed E-state index contributed by atoms with van der Waals surface area (Å²) in [5, 5.41) is 41.1. The zero-order chi connectivity index (χ0) is 17.2. The largest absolute Gasteiger partial charge is 0.507 e. The number of aromatic hydroxyl groups is 3. The van der Waals surface area contributed by atoms with Gasteiger partial charge < -0.3 is 24.7 Å². The fraction of sp³-hybridized carbons (Fsp3) is 0.250. The number of benzene rings is 2. The van der Waals surface area contributed by atoms with Crippen LogP contribution in [0.2, 0.25) is 0 Å². The van der Waals surface area contributed by atoms with Crippen molar-refractivity contribution in [1.29, 1.82) is 0 Å². The van der Waals surface area contributed by atoms with E-state index in [0.29, 0.717) is 17.4 Å². The predicted octanol–water partition coefficient (Wildman–Crippen LogP) is 3.80. The summed E-state index contributed by atoms with van der Waals surface area (Å²) in [6.07, 6.45) is 0.395. The highest BCUT2D eigenvalue weighted by Gasteiger charge is 2.51. The number of aliphatic hydroxyl groups is 1. The molecule has 1 heterocycles. The third-order valence-electron chi connectivity index (χ3n) is 4.76. The zero-order valence-corrected chi connectivity index (χ0v) is 16.8. The maximum atomic E-state index is 11.3. The van der Waals surface area contributed by atoms with Crippen molar-refractivity contribution in [2.75, 3.05) is 10.8 Å². The first-order chi connectivity index (χ1) is 11.3. The molecular weight excluding hydrogens is 509 g/mol. The summed E-state index contributed by atoms with van der Waals surface area (Å²) in [6.45, 7) is 0.384. The molecule has 2 atom stereocenters. The standard InChI is InChI=1S/C16H13BrINO4S/c17-10-2-9-11(4-12(10)20)19(24-18)6-16(23)5-7-1-13(21)14(22)3-8(7)15(9)16/h1-4,15,20-23H,5-6H2. The Kier molecular flexibility index (Phi) is 3.87. The summed E-state index contributed by atoms with van der Waals surface area (Å²) in [4.78, 5) is 0. The Morgan fingerprint density at radius 2 is 1.79 bits per heavy atom. The van der Waals surface area contributed by atoms with Crippen LogP contribution >= 0.6 is 46.3 Å². The van der Waals surface area contributed by atoms with Gasteiger partial charge >= 0.3 is 0 Å². The number of anilines is 1. The fourth-order valence-electron chi connectivity index (χ4n) is 3.79. The van der Waals surface area contributed by atoms with E-state index >= 15 is 0 Å². The number of nitrogens with zero attached hydrogens (tertiary/aromatic N) is 1. The molecule has 0 spiro atoms. The summed E-state index contributed by atoms with van der Waals surface area (Å²) in [6, 6.07) is 6.56. The molecule has 2 aliphatic rings. The third-order valence-corrected chi connectivity index (χ3v) is 7.31. The minimum absolute atomic E-state index is 0.140. The minimum Gasteiger partial charge on any atom is -0.507 e. The first-order valence-corrected chi connectivity index (χ1v) is 11.3. The Morgan fingerprint density at radius 3 is 2.50 bits per heavy atom. The van der Waals surface area contributed by atoms with Crippen molar-refractivity contribution in [3.8, 4) is 17.2 Å². The monoisotopic (exact) mass is 521 g/mol. The third kappa shape index (κ3) is 2.30. The van der Waals surface area contributed by atoms with Crippen LogP contribution in [0.5, 0.6) is 17.2 Å². The molecule has 8 heteroatoms. The molecule has 126 valence electrons. The number of halogens is 2. The van der Waals surface area contributed by atoms with Crippen LogP contribution in [-0.4, -0.2) is 32.6 Å². The van der Waals surface area contributed by atoms with Gasteiger partial charge in [-0.1, -0.05) is 0 Å². The molecule has 0 amide bonds. The van der Waals surface area contributed by atoms with Gasteiger partial charge in [-0.25, -0.2) is 0 Å². The highest BCUT2D eigenvalue weighted by atomic mass is 127. The van der Waals surface area contributed by atoms with E-state index in [-0.39, 0.29) is 23.2 Å². The molecule has 0 fully saturated rings. The van der Waals surface area contributed by atoms with Crippen LogP contribution in [0.3, 0.4) is 0 Å². The Bertz CT molecular complexity index is 864. The summed E-state index contributed by atoms with van der Waals surface area (Å²) >= 11 is 5.50. The second kappa shape index (κ2) is 5.58. The van der Waals surface area contributed by atoms with E-state index in [9.17, 15) is 20.4 Å². The van der Waals surface area contributed by atoms with E-state index in [1.54, 1.807) is 6.07 Å². The SMILES string of the molecule is Oc1cc2c(cc1O)C1c3cc(Br)c(O)cc3N(SI)CC1(O)C2. The van der Waals surface area contributed by atoms with Crippen LogP contribution in [0.1, 0.15) is 22.6 Å². The molecule has 0 bridgehead atoms. The van der Waals surface area contributed by atoms with E-state index in [2.05, 4.69) is 37.1 Å². The molecule has 0 saturated heterocycles. The van der Waals surface area contributed by atoms with Gasteiger partial charge in [-0.2, -0.15) is 0 Å². The quantitative estimate of drug-likeness (QED) is 0.259. The van der Waals surface area contributed by atoms with Gasteiger partial charge in [-0.05, 0) is 50.8 Å². The normalized spacial score (nSPS) is 24.5. The van der Waals surface area contributed by atoms with Crippen molar-refractivity contribution in [3.63, 3.8) is 0 Å². The highest BCUT2D eigenvalue weighted by molar-refractivity contribution is 14.2. The van der Waals surface area contributed by atoms with Crippen LogP contribution in [0, 0.1) is 0 Å². The Morgan fingerprint density at radius 1 is 1.08 bits per heavy atom. The highest BCUT2D eigenvalue weighted by Crippen LogP contribution is 2.56. The first-order valence-electron chi connectivity index (χ1n) is 7.20. The second-order valence-corrected chi connectivity index (χ2v) is 8.84. The number of hydrogen-bond acceptors (Lipinski definition) is 6. The first kappa shape index (κ1) is 16.6. The molecule has 0 saturated carbocycles. The molecule has 1 aliphatic carbocycles. The molecule has 4 rings (SSSR count). The molecule has 5 nitrogen and oxygen atoms in total. The smallest absolute Gasteiger partial charge is 0.157 e. The van der Waals surface area contributed by atoms with E-state index in [1.807, 2.05) is 10.4 Å². The van der Waals surface area contributed by atoms with Crippen molar-refractivity contribution >= 4 is 51.9 Å². The topological polar surface area (TPSA) is 84.2 Å². The Labute approximate surface area is 163 Å². The van der Waals surface area contributed by atoms with Crippen molar-refractivity contribution in [2.24, 2.45) is 0 Å².